The van der Waals surface area contributed by atoms with Crippen molar-refractivity contribution < 1.29 is 4.39 Å². The van der Waals surface area contributed by atoms with Gasteiger partial charge in [-0.25, -0.2) is 9.37 Å². The van der Waals surface area contributed by atoms with Gasteiger partial charge in [-0.3, -0.25) is 4.98 Å². The van der Waals surface area contributed by atoms with Crippen LogP contribution < -0.4 is 0 Å². The molecule has 2 heterocycles. The molecular weight excluding hydrogens is 397 g/mol. The summed E-state index contributed by atoms with van der Waals surface area (Å²) in [4.78, 5) is 8.82. The quantitative estimate of drug-likeness (QED) is 0.338. The van der Waals surface area contributed by atoms with Gasteiger partial charge in [0.15, 0.2) is 0 Å². The molecule has 160 valence electrons. The highest BCUT2D eigenvalue weighted by Crippen LogP contribution is 2.24. The highest BCUT2D eigenvalue weighted by molar-refractivity contribution is 5.62. The molecule has 4 rings (SSSR count). The van der Waals surface area contributed by atoms with Crippen molar-refractivity contribution in [1.29, 1.82) is 0 Å². The van der Waals surface area contributed by atoms with Gasteiger partial charge < -0.3 is 4.57 Å². The van der Waals surface area contributed by atoms with Gasteiger partial charge in [-0.2, -0.15) is 0 Å². The van der Waals surface area contributed by atoms with Crippen LogP contribution in [0.3, 0.4) is 0 Å². The molecule has 32 heavy (non-hydrogen) atoms. The maximum atomic E-state index is 14.0. The first-order valence-corrected chi connectivity index (χ1v) is 10.9. The third-order valence-corrected chi connectivity index (χ3v) is 5.52. The molecule has 4 heteroatoms. The first-order chi connectivity index (χ1) is 15.7. The molecule has 2 aromatic carbocycles. The minimum Gasteiger partial charge on any atom is -0.330 e. The van der Waals surface area contributed by atoms with Gasteiger partial charge in [-0.1, -0.05) is 60.4 Å². The third kappa shape index (κ3) is 5.31. The summed E-state index contributed by atoms with van der Waals surface area (Å²) in [6.45, 7) is 2.80. The van der Waals surface area contributed by atoms with Crippen molar-refractivity contribution in [3.05, 3.63) is 108 Å². The van der Waals surface area contributed by atoms with Crippen LogP contribution in [-0.4, -0.2) is 14.5 Å². The van der Waals surface area contributed by atoms with Gasteiger partial charge >= 0.3 is 0 Å². The summed E-state index contributed by atoms with van der Waals surface area (Å²) in [5, 5.41) is 0. The number of hydrogen-bond donors (Lipinski definition) is 0. The molecule has 0 N–H and O–H groups in total. The molecule has 0 fully saturated rings. The molecule has 0 aliphatic heterocycles. The standard InChI is InChI=1S/C28H26FN3/c1-22(25-13-5-6-14-26(25)29)9-7-15-27-28(24-16-18-30-19-17-24)32(21-31-27)20-8-12-23-10-3-2-4-11-23/h2-6,10-11,13-14,16-19,21-22H,8,12,15,20H2,1H3. The van der Waals surface area contributed by atoms with Crippen LogP contribution in [-0.2, 0) is 19.4 Å². The van der Waals surface area contributed by atoms with Crippen LogP contribution in [0.25, 0.3) is 11.3 Å². The Balaban J connectivity index is 1.51. The second-order valence-electron chi connectivity index (χ2n) is 7.80. The van der Waals surface area contributed by atoms with Crippen LogP contribution in [0.2, 0.25) is 0 Å². The Labute approximate surface area is 189 Å². The number of nitrogens with zero attached hydrogens (tertiary/aromatic N) is 3. The molecule has 1 atom stereocenters. The molecule has 3 nitrogen and oxygen atoms in total. The molecule has 0 aliphatic carbocycles. The molecule has 0 saturated heterocycles. The van der Waals surface area contributed by atoms with E-state index in [0.717, 1.165) is 36.3 Å². The van der Waals surface area contributed by atoms with Crippen molar-refractivity contribution in [2.24, 2.45) is 0 Å². The lowest BCUT2D eigenvalue weighted by Gasteiger charge is -2.10. The number of pyridine rings is 1. The zero-order chi connectivity index (χ0) is 22.2. The van der Waals surface area contributed by atoms with E-state index in [0.29, 0.717) is 12.0 Å². The van der Waals surface area contributed by atoms with Crippen molar-refractivity contribution >= 4 is 0 Å². The fourth-order valence-electron chi connectivity index (χ4n) is 3.86. The molecule has 0 amide bonds. The molecular formula is C28H26FN3. The number of aromatic nitrogens is 3. The Kier molecular flexibility index (Phi) is 7.09. The highest BCUT2D eigenvalue weighted by Gasteiger charge is 2.13. The SMILES string of the molecule is CC(C#CCc1ncn(CCCc2ccccc2)c1-c1ccncc1)c1ccccc1F. The average molecular weight is 424 g/mol. The second kappa shape index (κ2) is 10.5. The Hall–Kier alpha value is -3.71. The number of hydrogen-bond acceptors (Lipinski definition) is 2. The second-order valence-corrected chi connectivity index (χ2v) is 7.80. The van der Waals surface area contributed by atoms with Crippen molar-refractivity contribution in [2.75, 3.05) is 0 Å². The van der Waals surface area contributed by atoms with Crippen LogP contribution in [0.5, 0.6) is 0 Å². The molecule has 0 saturated carbocycles. The van der Waals surface area contributed by atoms with E-state index in [4.69, 9.17) is 0 Å². The minimum absolute atomic E-state index is 0.173. The van der Waals surface area contributed by atoms with Crippen LogP contribution >= 0.6 is 0 Å². The highest BCUT2D eigenvalue weighted by atomic mass is 19.1. The van der Waals surface area contributed by atoms with E-state index in [1.165, 1.54) is 11.6 Å². The maximum Gasteiger partial charge on any atom is 0.127 e. The molecule has 1 unspecified atom stereocenters. The first kappa shape index (κ1) is 21.5. The van der Waals surface area contributed by atoms with Crippen molar-refractivity contribution in [3.8, 4) is 23.1 Å². The summed E-state index contributed by atoms with van der Waals surface area (Å²) in [5.41, 5.74) is 5.06. The number of benzene rings is 2. The topological polar surface area (TPSA) is 30.7 Å². The lowest BCUT2D eigenvalue weighted by atomic mass is 10.0. The number of imidazole rings is 1. The summed E-state index contributed by atoms with van der Waals surface area (Å²) in [6.07, 6.45) is 8.05. The fourth-order valence-corrected chi connectivity index (χ4v) is 3.86. The maximum absolute atomic E-state index is 14.0. The molecule has 2 aromatic heterocycles. The van der Waals surface area contributed by atoms with E-state index >= 15 is 0 Å². The van der Waals surface area contributed by atoms with E-state index in [1.54, 1.807) is 24.5 Å². The Morgan fingerprint density at radius 3 is 2.50 bits per heavy atom. The van der Waals surface area contributed by atoms with E-state index in [-0.39, 0.29) is 11.7 Å². The first-order valence-electron chi connectivity index (χ1n) is 10.9. The lowest BCUT2D eigenvalue weighted by Crippen LogP contribution is -2.02. The fraction of sp³-hybridized carbons (Fsp3) is 0.214. The summed E-state index contributed by atoms with van der Waals surface area (Å²) in [7, 11) is 0. The van der Waals surface area contributed by atoms with Crippen LogP contribution in [0.1, 0.15) is 36.1 Å². The summed E-state index contributed by atoms with van der Waals surface area (Å²) < 4.78 is 16.2. The van der Waals surface area contributed by atoms with E-state index < -0.39 is 0 Å². The summed E-state index contributed by atoms with van der Waals surface area (Å²) >= 11 is 0. The van der Waals surface area contributed by atoms with E-state index in [9.17, 15) is 4.39 Å². The summed E-state index contributed by atoms with van der Waals surface area (Å²) in [6, 6.07) is 21.3. The van der Waals surface area contributed by atoms with Crippen molar-refractivity contribution in [3.63, 3.8) is 0 Å². The minimum atomic E-state index is -0.213. The van der Waals surface area contributed by atoms with E-state index in [1.807, 2.05) is 37.5 Å². The monoisotopic (exact) mass is 423 g/mol. The third-order valence-electron chi connectivity index (χ3n) is 5.52. The smallest absolute Gasteiger partial charge is 0.127 e. The molecule has 4 aromatic rings. The molecule has 0 radical (unpaired) electrons. The number of rotatable bonds is 7. The van der Waals surface area contributed by atoms with Gasteiger partial charge in [0.1, 0.15) is 5.82 Å². The zero-order valence-corrected chi connectivity index (χ0v) is 18.2. The number of halogens is 1. The molecule has 0 spiro atoms. The van der Waals surface area contributed by atoms with Gasteiger partial charge in [0, 0.05) is 36.0 Å². The van der Waals surface area contributed by atoms with E-state index in [2.05, 4.69) is 50.6 Å². The van der Waals surface area contributed by atoms with Gasteiger partial charge in [0.05, 0.1) is 24.1 Å². The largest absolute Gasteiger partial charge is 0.330 e. The van der Waals surface area contributed by atoms with Crippen LogP contribution in [0.15, 0.2) is 85.5 Å². The van der Waals surface area contributed by atoms with Crippen molar-refractivity contribution in [1.82, 2.24) is 14.5 Å². The lowest BCUT2D eigenvalue weighted by molar-refractivity contribution is 0.607. The normalized spacial score (nSPS) is 11.6. The summed E-state index contributed by atoms with van der Waals surface area (Å²) in [5.74, 6) is 6.03. The zero-order valence-electron chi connectivity index (χ0n) is 18.2. The number of aryl methyl sites for hydroxylation is 2. The predicted molar refractivity (Wildman–Crippen MR) is 127 cm³/mol. The van der Waals surface area contributed by atoms with Gasteiger partial charge in [0.25, 0.3) is 0 Å². The Bertz CT molecular complexity index is 1200. The Morgan fingerprint density at radius 1 is 0.969 bits per heavy atom. The predicted octanol–water partition coefficient (Wildman–Crippen LogP) is 6.07. The van der Waals surface area contributed by atoms with Gasteiger partial charge in [0.2, 0.25) is 0 Å². The molecule has 0 aliphatic rings. The van der Waals surface area contributed by atoms with Crippen molar-refractivity contribution in [2.45, 2.75) is 38.6 Å². The average Bonchev–Trinajstić information content (AvgIpc) is 3.23. The van der Waals surface area contributed by atoms with Crippen LogP contribution in [0, 0.1) is 17.7 Å². The Morgan fingerprint density at radius 2 is 1.72 bits per heavy atom. The van der Waals surface area contributed by atoms with Gasteiger partial charge in [-0.15, -0.1) is 0 Å². The molecule has 0 bridgehead atoms. The van der Waals surface area contributed by atoms with Gasteiger partial charge in [-0.05, 0) is 43.5 Å². The van der Waals surface area contributed by atoms with Crippen LogP contribution in [0.4, 0.5) is 4.39 Å².